The van der Waals surface area contributed by atoms with Crippen LogP contribution < -0.4 is 16.2 Å². The first-order valence-corrected chi connectivity index (χ1v) is 14.2. The highest BCUT2D eigenvalue weighted by Gasteiger charge is 2.47. The van der Waals surface area contributed by atoms with Crippen LogP contribution in [0.25, 0.3) is 10.9 Å². The number of aromatic nitrogens is 5. The highest BCUT2D eigenvalue weighted by molar-refractivity contribution is 7.99. The van der Waals surface area contributed by atoms with Crippen LogP contribution in [-0.2, 0) is 11.3 Å². The summed E-state index contributed by atoms with van der Waals surface area (Å²) in [5.41, 5.74) is 6.88. The Kier molecular flexibility index (Phi) is 6.66. The quantitative estimate of drug-likeness (QED) is 0.392. The van der Waals surface area contributed by atoms with E-state index in [-0.39, 0.29) is 23.1 Å². The second-order valence-corrected chi connectivity index (χ2v) is 12.0. The lowest BCUT2D eigenvalue weighted by Gasteiger charge is -2.41. The molecule has 37 heavy (non-hydrogen) atoms. The first-order chi connectivity index (χ1) is 17.9. The molecule has 3 aromatic heterocycles. The molecule has 2 N–H and O–H groups in total. The van der Waals surface area contributed by atoms with Gasteiger partial charge in [0.25, 0.3) is 5.56 Å². The van der Waals surface area contributed by atoms with Crippen molar-refractivity contribution in [2.24, 2.45) is 11.1 Å². The average molecular weight is 556 g/mol. The highest BCUT2D eigenvalue weighted by Crippen LogP contribution is 2.42. The third-order valence-electron chi connectivity index (χ3n) is 7.44. The summed E-state index contributed by atoms with van der Waals surface area (Å²) in [4.78, 5) is 34.1. The van der Waals surface area contributed by atoms with E-state index in [1.54, 1.807) is 18.6 Å². The largest absolute Gasteiger partial charge is 0.376 e. The van der Waals surface area contributed by atoms with E-state index in [0.717, 1.165) is 48.3 Å². The molecule has 192 valence electrons. The Morgan fingerprint density at radius 3 is 2.73 bits per heavy atom. The summed E-state index contributed by atoms with van der Waals surface area (Å²) in [6.07, 6.45) is 8.88. The molecule has 2 aliphatic rings. The second-order valence-electron chi connectivity index (χ2n) is 9.58. The van der Waals surface area contributed by atoms with Crippen LogP contribution in [-0.4, -0.2) is 56.3 Å². The highest BCUT2D eigenvalue weighted by atomic mass is 35.5. The van der Waals surface area contributed by atoms with Crippen LogP contribution in [0.2, 0.25) is 5.02 Å². The van der Waals surface area contributed by atoms with Crippen LogP contribution in [0.5, 0.6) is 0 Å². The molecule has 2 fully saturated rings. The topological polar surface area (TPSA) is 112 Å². The number of anilines is 1. The van der Waals surface area contributed by atoms with E-state index >= 15 is 0 Å². The normalized spacial score (nSPS) is 21.2. The van der Waals surface area contributed by atoms with Crippen molar-refractivity contribution in [3.8, 4) is 0 Å². The Labute approximate surface area is 227 Å². The summed E-state index contributed by atoms with van der Waals surface area (Å²) in [6.45, 7) is 4.91. The van der Waals surface area contributed by atoms with Gasteiger partial charge in [0.2, 0.25) is 0 Å². The molecule has 2 saturated heterocycles. The van der Waals surface area contributed by atoms with Gasteiger partial charge in [-0.05, 0) is 31.9 Å². The minimum absolute atomic E-state index is 0.0691. The van der Waals surface area contributed by atoms with E-state index in [1.807, 2.05) is 17.5 Å². The molecule has 1 spiro atoms. The summed E-state index contributed by atoms with van der Waals surface area (Å²) in [6, 6.07) is 3.75. The standard InChI is InChI=1S/C25H26ClN7O2S2/c1-15-23(27)25(13-35-15)4-7-32(8-5-25)18-10-30-19(11-29-18)37-17-3-2-16-21(22(17)26)24(34)33(14-31-16)12-20-28-6-9-36-20/h2-3,6,9-11,14-15,23H,4-5,7-8,12-13,27H2,1H3/t15-,23+/m0/s1. The van der Waals surface area contributed by atoms with Crippen LogP contribution in [0.15, 0.2) is 57.1 Å². The van der Waals surface area contributed by atoms with Crippen molar-refractivity contribution in [3.63, 3.8) is 0 Å². The van der Waals surface area contributed by atoms with Gasteiger partial charge in [0, 0.05) is 41.0 Å². The SMILES string of the molecule is C[C@@H]1OCC2(CCN(c3cnc(Sc4ccc5ncn(Cc6nccs6)c(=O)c5c4Cl)cn3)CC2)[C@@H]1N. The molecule has 0 unspecified atom stereocenters. The first-order valence-electron chi connectivity index (χ1n) is 12.1. The van der Waals surface area contributed by atoms with E-state index in [0.29, 0.717) is 27.5 Å². The zero-order chi connectivity index (χ0) is 25.6. The fourth-order valence-electron chi connectivity index (χ4n) is 5.15. The van der Waals surface area contributed by atoms with E-state index in [1.165, 1.54) is 34.0 Å². The number of piperidine rings is 1. The Morgan fingerprint density at radius 1 is 1.22 bits per heavy atom. The Hall–Kier alpha value is -2.57. The lowest BCUT2D eigenvalue weighted by Crippen LogP contribution is -2.50. The van der Waals surface area contributed by atoms with Crippen molar-refractivity contribution in [1.29, 1.82) is 0 Å². The molecule has 9 nitrogen and oxygen atoms in total. The lowest BCUT2D eigenvalue weighted by atomic mass is 9.73. The monoisotopic (exact) mass is 555 g/mol. The second kappa shape index (κ2) is 9.95. The molecule has 0 aliphatic carbocycles. The molecule has 5 heterocycles. The molecule has 0 radical (unpaired) electrons. The molecule has 0 bridgehead atoms. The molecule has 0 saturated carbocycles. The minimum Gasteiger partial charge on any atom is -0.376 e. The van der Waals surface area contributed by atoms with Crippen LogP contribution >= 0.6 is 34.7 Å². The molecule has 2 aliphatic heterocycles. The maximum atomic E-state index is 13.2. The lowest BCUT2D eigenvalue weighted by molar-refractivity contribution is 0.0974. The average Bonchev–Trinajstić information content (AvgIpc) is 3.53. The summed E-state index contributed by atoms with van der Waals surface area (Å²) in [5, 5.41) is 4.17. The molecule has 0 amide bonds. The molecule has 12 heteroatoms. The van der Waals surface area contributed by atoms with Gasteiger partial charge in [-0.1, -0.05) is 23.4 Å². The summed E-state index contributed by atoms with van der Waals surface area (Å²) >= 11 is 9.59. The fraction of sp³-hybridized carbons (Fsp3) is 0.400. The van der Waals surface area contributed by atoms with E-state index in [2.05, 4.69) is 31.8 Å². The fourth-order valence-corrected chi connectivity index (χ4v) is 6.88. The predicted molar refractivity (Wildman–Crippen MR) is 146 cm³/mol. The van der Waals surface area contributed by atoms with Crippen molar-refractivity contribution in [2.45, 2.75) is 48.4 Å². The molecule has 6 rings (SSSR count). The van der Waals surface area contributed by atoms with Gasteiger partial charge in [-0.2, -0.15) is 0 Å². The van der Waals surface area contributed by atoms with Crippen molar-refractivity contribution in [3.05, 3.63) is 62.8 Å². The van der Waals surface area contributed by atoms with Crippen LogP contribution in [0.4, 0.5) is 5.82 Å². The molecular weight excluding hydrogens is 530 g/mol. The maximum absolute atomic E-state index is 13.2. The number of hydrogen-bond donors (Lipinski definition) is 1. The maximum Gasteiger partial charge on any atom is 0.263 e. The molecule has 1 aromatic carbocycles. The first kappa shape index (κ1) is 24.7. The third kappa shape index (κ3) is 4.63. The van der Waals surface area contributed by atoms with Gasteiger partial charge in [0.05, 0.1) is 53.9 Å². The van der Waals surface area contributed by atoms with Crippen LogP contribution in [0, 0.1) is 5.41 Å². The van der Waals surface area contributed by atoms with Gasteiger partial charge in [-0.3, -0.25) is 9.36 Å². The minimum atomic E-state index is -0.196. The van der Waals surface area contributed by atoms with Crippen molar-refractivity contribution < 1.29 is 4.74 Å². The van der Waals surface area contributed by atoms with Crippen molar-refractivity contribution in [2.75, 3.05) is 24.6 Å². The van der Waals surface area contributed by atoms with Gasteiger partial charge in [0.1, 0.15) is 15.9 Å². The van der Waals surface area contributed by atoms with Gasteiger partial charge in [0.15, 0.2) is 0 Å². The Balaban J connectivity index is 1.18. The van der Waals surface area contributed by atoms with Crippen LogP contribution in [0.3, 0.4) is 0 Å². The number of halogens is 1. The van der Waals surface area contributed by atoms with Gasteiger partial charge in [-0.15, -0.1) is 11.3 Å². The number of ether oxygens (including phenoxy) is 1. The van der Waals surface area contributed by atoms with Gasteiger partial charge >= 0.3 is 0 Å². The zero-order valence-electron chi connectivity index (χ0n) is 20.2. The number of hydrogen-bond acceptors (Lipinski definition) is 10. The molecule has 2 atom stereocenters. The molecular formula is C25H26ClN7O2S2. The number of benzene rings is 1. The van der Waals surface area contributed by atoms with Crippen LogP contribution in [0.1, 0.15) is 24.8 Å². The number of rotatable bonds is 5. The number of thiazole rings is 1. The smallest absolute Gasteiger partial charge is 0.263 e. The van der Waals surface area contributed by atoms with E-state index in [9.17, 15) is 4.79 Å². The number of nitrogens with zero attached hydrogens (tertiary/aromatic N) is 6. The summed E-state index contributed by atoms with van der Waals surface area (Å²) in [5.74, 6) is 0.846. The third-order valence-corrected chi connectivity index (χ3v) is 9.69. The predicted octanol–water partition coefficient (Wildman–Crippen LogP) is 3.83. The van der Waals surface area contributed by atoms with E-state index < -0.39 is 0 Å². The zero-order valence-corrected chi connectivity index (χ0v) is 22.6. The molecule has 4 aromatic rings. The Morgan fingerprint density at radius 2 is 2.05 bits per heavy atom. The van der Waals surface area contributed by atoms with Gasteiger partial charge < -0.3 is 15.4 Å². The number of nitrogens with two attached hydrogens (primary N) is 1. The number of fused-ring (bicyclic) bond motifs is 1. The summed E-state index contributed by atoms with van der Waals surface area (Å²) < 4.78 is 7.36. The van der Waals surface area contributed by atoms with Crippen molar-refractivity contribution in [1.82, 2.24) is 24.5 Å². The van der Waals surface area contributed by atoms with Gasteiger partial charge in [-0.25, -0.2) is 19.9 Å². The van der Waals surface area contributed by atoms with Crippen molar-refractivity contribution >= 4 is 51.4 Å². The van der Waals surface area contributed by atoms with E-state index in [4.69, 9.17) is 22.1 Å². The Bertz CT molecular complexity index is 1470. The summed E-state index contributed by atoms with van der Waals surface area (Å²) in [7, 11) is 0.